The second kappa shape index (κ2) is 13.2. The number of nitrogens with zero attached hydrogens (tertiary/aromatic N) is 2. The third kappa shape index (κ3) is 7.22. The van der Waals surface area contributed by atoms with Crippen molar-refractivity contribution < 1.29 is 18.0 Å². The van der Waals surface area contributed by atoms with Crippen molar-refractivity contribution in [1.82, 2.24) is 10.2 Å². The summed E-state index contributed by atoms with van der Waals surface area (Å²) in [7, 11) is -4.06. The molecule has 3 aromatic rings. The second-order valence-electron chi connectivity index (χ2n) is 9.41. The van der Waals surface area contributed by atoms with Gasteiger partial charge in [0.15, 0.2) is 0 Å². The predicted octanol–water partition coefficient (Wildman–Crippen LogP) is 4.91. The molecule has 0 saturated heterocycles. The summed E-state index contributed by atoms with van der Waals surface area (Å²) in [4.78, 5) is 28.8. The van der Waals surface area contributed by atoms with Crippen LogP contribution in [0.4, 0.5) is 5.69 Å². The van der Waals surface area contributed by atoms with E-state index in [9.17, 15) is 18.0 Å². The van der Waals surface area contributed by atoms with Gasteiger partial charge in [-0.1, -0.05) is 80.1 Å². The fraction of sp³-hybridized carbons (Fsp3) is 0.333. The van der Waals surface area contributed by atoms with Crippen LogP contribution in [-0.4, -0.2) is 43.8 Å². The molecule has 0 saturated carbocycles. The van der Waals surface area contributed by atoms with Crippen molar-refractivity contribution in [3.63, 3.8) is 0 Å². The molecule has 0 fully saturated rings. The summed E-state index contributed by atoms with van der Waals surface area (Å²) < 4.78 is 28.7. The number of nitrogens with one attached hydrogen (secondary N) is 1. The van der Waals surface area contributed by atoms with Crippen LogP contribution in [0.5, 0.6) is 0 Å². The average molecular weight is 536 g/mol. The van der Waals surface area contributed by atoms with Crippen molar-refractivity contribution in [2.45, 2.75) is 64.1 Å². The van der Waals surface area contributed by atoms with Crippen LogP contribution in [0.1, 0.15) is 44.7 Å². The van der Waals surface area contributed by atoms with E-state index in [-0.39, 0.29) is 23.4 Å². The number of amides is 2. The molecule has 3 aromatic carbocycles. The van der Waals surface area contributed by atoms with Crippen LogP contribution in [-0.2, 0) is 26.2 Å². The van der Waals surface area contributed by atoms with E-state index >= 15 is 0 Å². The van der Waals surface area contributed by atoms with Crippen molar-refractivity contribution in [2.75, 3.05) is 10.8 Å². The van der Waals surface area contributed by atoms with Crippen LogP contribution in [0.2, 0.25) is 0 Å². The third-order valence-corrected chi connectivity index (χ3v) is 8.30. The van der Waals surface area contributed by atoms with Gasteiger partial charge in [-0.2, -0.15) is 0 Å². The molecule has 7 nitrogen and oxygen atoms in total. The number of carbonyl (C=O) groups excluding carboxylic acids is 2. The molecule has 2 amide bonds. The Morgan fingerprint density at radius 1 is 0.842 bits per heavy atom. The quantitative estimate of drug-likeness (QED) is 0.357. The van der Waals surface area contributed by atoms with Gasteiger partial charge in [-0.3, -0.25) is 13.9 Å². The number of benzene rings is 3. The van der Waals surface area contributed by atoms with Crippen molar-refractivity contribution in [3.8, 4) is 0 Å². The van der Waals surface area contributed by atoms with Crippen molar-refractivity contribution in [2.24, 2.45) is 0 Å². The molecular formula is C30H37N3O4S. The zero-order valence-electron chi connectivity index (χ0n) is 22.5. The molecule has 1 N–H and O–H groups in total. The third-order valence-electron chi connectivity index (χ3n) is 6.51. The Hall–Kier alpha value is -3.65. The Balaban J connectivity index is 2.02. The molecule has 8 heteroatoms. The first kappa shape index (κ1) is 28.9. The van der Waals surface area contributed by atoms with E-state index in [4.69, 9.17) is 0 Å². The number of carbonyl (C=O) groups is 2. The lowest BCUT2D eigenvalue weighted by Crippen LogP contribution is -2.53. The minimum Gasteiger partial charge on any atom is -0.352 e. The highest BCUT2D eigenvalue weighted by atomic mass is 32.2. The Labute approximate surface area is 226 Å². The molecule has 0 spiro atoms. The molecule has 3 rings (SSSR count). The van der Waals surface area contributed by atoms with Crippen LogP contribution in [0.25, 0.3) is 0 Å². The molecule has 2 atom stereocenters. The van der Waals surface area contributed by atoms with Crippen LogP contribution in [0.15, 0.2) is 89.8 Å². The minimum absolute atomic E-state index is 0.0484. The highest BCUT2D eigenvalue weighted by Crippen LogP contribution is 2.25. The number of rotatable bonds is 12. The van der Waals surface area contributed by atoms with E-state index in [2.05, 4.69) is 5.32 Å². The van der Waals surface area contributed by atoms with E-state index in [0.29, 0.717) is 12.1 Å². The van der Waals surface area contributed by atoms with Crippen molar-refractivity contribution in [3.05, 3.63) is 96.1 Å². The van der Waals surface area contributed by atoms with Gasteiger partial charge in [0.1, 0.15) is 12.6 Å². The SMILES string of the molecule is CCC(C)NC(=O)C(CC)N(Cc1ccccc1)C(=O)CN(c1ccc(C)cc1)S(=O)(=O)c1ccccc1. The van der Waals surface area contributed by atoms with Gasteiger partial charge in [0, 0.05) is 12.6 Å². The van der Waals surface area contributed by atoms with Crippen LogP contribution < -0.4 is 9.62 Å². The molecule has 0 aromatic heterocycles. The van der Waals surface area contributed by atoms with Gasteiger partial charge in [-0.05, 0) is 56.5 Å². The summed E-state index contributed by atoms with van der Waals surface area (Å²) in [5, 5.41) is 2.98. The summed E-state index contributed by atoms with van der Waals surface area (Å²) in [6, 6.07) is 23.7. The van der Waals surface area contributed by atoms with Gasteiger partial charge < -0.3 is 10.2 Å². The first-order valence-corrected chi connectivity index (χ1v) is 14.4. The van der Waals surface area contributed by atoms with Crippen LogP contribution >= 0.6 is 0 Å². The Morgan fingerprint density at radius 2 is 1.42 bits per heavy atom. The predicted molar refractivity (Wildman–Crippen MR) is 151 cm³/mol. The van der Waals surface area contributed by atoms with Gasteiger partial charge >= 0.3 is 0 Å². The van der Waals surface area contributed by atoms with E-state index in [1.165, 1.54) is 17.0 Å². The summed E-state index contributed by atoms with van der Waals surface area (Å²) in [6.07, 6.45) is 1.14. The standard InChI is InChI=1S/C30H37N3O4S/c1-5-24(4)31-30(35)28(6-2)32(21-25-13-9-7-10-14-25)29(34)22-33(26-19-17-23(3)18-20-26)38(36,37)27-15-11-8-12-16-27/h7-20,24,28H,5-6,21-22H2,1-4H3,(H,31,35). The molecule has 0 aliphatic heterocycles. The molecule has 0 aliphatic carbocycles. The first-order chi connectivity index (χ1) is 18.2. The van der Waals surface area contributed by atoms with Gasteiger partial charge in [0.05, 0.1) is 10.6 Å². The number of hydrogen-bond donors (Lipinski definition) is 1. The summed E-state index contributed by atoms with van der Waals surface area (Å²) in [6.45, 7) is 7.39. The maximum atomic E-state index is 14.0. The lowest BCUT2D eigenvalue weighted by molar-refractivity contribution is -0.140. The number of hydrogen-bond acceptors (Lipinski definition) is 4. The van der Waals surface area contributed by atoms with Gasteiger partial charge in [-0.15, -0.1) is 0 Å². The average Bonchev–Trinajstić information content (AvgIpc) is 2.93. The molecular weight excluding hydrogens is 498 g/mol. The normalized spacial score (nSPS) is 12.8. The Bertz CT molecular complexity index is 1300. The topological polar surface area (TPSA) is 86.8 Å². The van der Waals surface area contributed by atoms with Crippen LogP contribution in [0.3, 0.4) is 0 Å². The summed E-state index contributed by atoms with van der Waals surface area (Å²) in [5.41, 5.74) is 2.20. The van der Waals surface area contributed by atoms with Crippen molar-refractivity contribution in [1.29, 1.82) is 0 Å². The first-order valence-electron chi connectivity index (χ1n) is 13.0. The van der Waals surface area contributed by atoms with E-state index in [1.54, 1.807) is 30.3 Å². The van der Waals surface area contributed by atoms with E-state index in [0.717, 1.165) is 21.9 Å². The summed E-state index contributed by atoms with van der Waals surface area (Å²) >= 11 is 0. The van der Waals surface area contributed by atoms with Gasteiger partial charge in [0.2, 0.25) is 11.8 Å². The molecule has 202 valence electrons. The lowest BCUT2D eigenvalue weighted by atomic mass is 10.1. The molecule has 2 unspecified atom stereocenters. The van der Waals surface area contributed by atoms with E-state index in [1.807, 2.05) is 70.2 Å². The largest absolute Gasteiger partial charge is 0.352 e. The number of anilines is 1. The van der Waals surface area contributed by atoms with Gasteiger partial charge in [-0.25, -0.2) is 8.42 Å². The molecule has 0 heterocycles. The van der Waals surface area contributed by atoms with Crippen molar-refractivity contribution >= 4 is 27.5 Å². The fourth-order valence-electron chi connectivity index (χ4n) is 4.10. The zero-order valence-corrected chi connectivity index (χ0v) is 23.3. The fourth-order valence-corrected chi connectivity index (χ4v) is 5.54. The Kier molecular flexibility index (Phi) is 10.1. The van der Waals surface area contributed by atoms with Crippen LogP contribution in [0, 0.1) is 6.92 Å². The summed E-state index contributed by atoms with van der Waals surface area (Å²) in [5.74, 6) is -0.709. The minimum atomic E-state index is -4.06. The highest BCUT2D eigenvalue weighted by Gasteiger charge is 2.33. The van der Waals surface area contributed by atoms with Gasteiger partial charge in [0.25, 0.3) is 10.0 Å². The molecule has 0 bridgehead atoms. The maximum absolute atomic E-state index is 14.0. The lowest BCUT2D eigenvalue weighted by Gasteiger charge is -2.33. The number of aryl methyl sites for hydroxylation is 1. The number of sulfonamides is 1. The molecule has 38 heavy (non-hydrogen) atoms. The smallest absolute Gasteiger partial charge is 0.264 e. The maximum Gasteiger partial charge on any atom is 0.264 e. The molecule has 0 radical (unpaired) electrons. The zero-order chi connectivity index (χ0) is 27.7. The van der Waals surface area contributed by atoms with E-state index < -0.39 is 28.5 Å². The Morgan fingerprint density at radius 3 is 1.97 bits per heavy atom. The second-order valence-corrected chi connectivity index (χ2v) is 11.3. The highest BCUT2D eigenvalue weighted by molar-refractivity contribution is 7.92. The molecule has 0 aliphatic rings. The monoisotopic (exact) mass is 535 g/mol.